The molecule has 8 heteroatoms. The van der Waals surface area contributed by atoms with Crippen LogP contribution in [-0.2, 0) is 6.54 Å². The summed E-state index contributed by atoms with van der Waals surface area (Å²) in [6, 6.07) is 6.20. The molecule has 0 aliphatic rings. The number of anilines is 1. The Kier molecular flexibility index (Phi) is 5.12. The fraction of sp³-hybridized carbons (Fsp3) is 0.167. The van der Waals surface area contributed by atoms with Gasteiger partial charge in [0.2, 0.25) is 0 Å². The van der Waals surface area contributed by atoms with Crippen molar-refractivity contribution in [1.82, 2.24) is 0 Å². The molecule has 3 nitrogen and oxygen atoms in total. The Balaban J connectivity index is 2.20. The van der Waals surface area contributed by atoms with Crippen LogP contribution >= 0.6 is 39.1 Å². The van der Waals surface area contributed by atoms with Gasteiger partial charge in [0.1, 0.15) is 5.76 Å². The molecule has 1 aromatic heterocycles. The van der Waals surface area contributed by atoms with Gasteiger partial charge in [-0.3, -0.25) is 0 Å². The molecule has 1 N–H and O–H groups in total. The highest BCUT2D eigenvalue weighted by Crippen LogP contribution is 2.37. The first kappa shape index (κ1) is 15.4. The molecule has 0 fully saturated rings. The van der Waals surface area contributed by atoms with Crippen molar-refractivity contribution in [2.45, 2.75) is 13.2 Å². The number of hydrogen-bond donors (Lipinski definition) is 1. The first-order valence-electron chi connectivity index (χ1n) is 5.37. The van der Waals surface area contributed by atoms with Crippen molar-refractivity contribution in [3.8, 4) is 5.75 Å². The molecule has 20 heavy (non-hydrogen) atoms. The second-order valence-electron chi connectivity index (χ2n) is 3.70. The maximum atomic E-state index is 12.4. The third kappa shape index (κ3) is 4.01. The minimum atomic E-state index is -2.94. The molecule has 2 rings (SSSR count). The third-order valence-electron chi connectivity index (χ3n) is 2.30. The normalized spacial score (nSPS) is 10.9. The van der Waals surface area contributed by atoms with Gasteiger partial charge in [0, 0.05) is 5.02 Å². The summed E-state index contributed by atoms with van der Waals surface area (Å²) in [5, 5.41) is 3.53. The predicted molar refractivity (Wildman–Crippen MR) is 76.8 cm³/mol. The zero-order valence-electron chi connectivity index (χ0n) is 9.80. The standard InChI is InChI=1S/C12H8BrCl2F2NO2/c13-8-3-6(14)4-9(11(8)20-12(16)17)18-5-7-1-2-10(15)19-7/h1-4,12,18H,5H2. The molecule has 1 aromatic carbocycles. The van der Waals surface area contributed by atoms with Gasteiger partial charge in [0.05, 0.1) is 16.7 Å². The summed E-state index contributed by atoms with van der Waals surface area (Å²) in [6.45, 7) is -2.69. The second-order valence-corrected chi connectivity index (χ2v) is 5.37. The van der Waals surface area contributed by atoms with Crippen molar-refractivity contribution in [2.75, 3.05) is 5.32 Å². The molecule has 0 saturated heterocycles. The van der Waals surface area contributed by atoms with Gasteiger partial charge in [-0.05, 0) is 51.8 Å². The average molecular weight is 387 g/mol. The van der Waals surface area contributed by atoms with E-state index in [-0.39, 0.29) is 17.5 Å². The van der Waals surface area contributed by atoms with Crippen LogP contribution in [0.25, 0.3) is 0 Å². The van der Waals surface area contributed by atoms with Crippen LogP contribution in [0.3, 0.4) is 0 Å². The molecule has 2 aromatic rings. The van der Waals surface area contributed by atoms with Crippen LogP contribution in [-0.4, -0.2) is 6.61 Å². The fourth-order valence-corrected chi connectivity index (χ4v) is 2.60. The summed E-state index contributed by atoms with van der Waals surface area (Å²) in [4.78, 5) is 0. The first-order chi connectivity index (χ1) is 9.45. The van der Waals surface area contributed by atoms with E-state index in [1.807, 2.05) is 0 Å². The van der Waals surface area contributed by atoms with Crippen molar-refractivity contribution >= 4 is 44.8 Å². The molecular weight excluding hydrogens is 379 g/mol. The van der Waals surface area contributed by atoms with E-state index < -0.39 is 6.61 Å². The lowest BCUT2D eigenvalue weighted by molar-refractivity contribution is -0.0498. The number of ether oxygens (including phenoxy) is 1. The van der Waals surface area contributed by atoms with E-state index in [0.29, 0.717) is 20.9 Å². The van der Waals surface area contributed by atoms with Crippen molar-refractivity contribution in [2.24, 2.45) is 0 Å². The fourth-order valence-electron chi connectivity index (χ4n) is 1.53. The third-order valence-corrected chi connectivity index (χ3v) is 3.31. The van der Waals surface area contributed by atoms with E-state index in [4.69, 9.17) is 27.6 Å². The topological polar surface area (TPSA) is 34.4 Å². The Bertz CT molecular complexity index is 607. The van der Waals surface area contributed by atoms with Gasteiger partial charge < -0.3 is 14.5 Å². The minimum Gasteiger partial charge on any atom is -0.448 e. The van der Waals surface area contributed by atoms with Gasteiger partial charge in [0.25, 0.3) is 0 Å². The number of nitrogens with one attached hydrogen (secondary N) is 1. The van der Waals surface area contributed by atoms with E-state index in [9.17, 15) is 8.78 Å². The summed E-state index contributed by atoms with van der Waals surface area (Å²) >= 11 is 14.7. The lowest BCUT2D eigenvalue weighted by Gasteiger charge is -2.14. The molecule has 0 radical (unpaired) electrons. The molecular formula is C12H8BrCl2F2NO2. The van der Waals surface area contributed by atoms with Gasteiger partial charge in [0.15, 0.2) is 11.0 Å². The van der Waals surface area contributed by atoms with Crippen molar-refractivity contribution in [3.63, 3.8) is 0 Å². The monoisotopic (exact) mass is 385 g/mol. The molecule has 0 unspecified atom stereocenters. The summed E-state index contributed by atoms with van der Waals surface area (Å²) in [7, 11) is 0. The van der Waals surface area contributed by atoms with Crippen LogP contribution < -0.4 is 10.1 Å². The van der Waals surface area contributed by atoms with Crippen LogP contribution in [0.5, 0.6) is 5.75 Å². The summed E-state index contributed by atoms with van der Waals surface area (Å²) in [5.41, 5.74) is 0.317. The molecule has 0 atom stereocenters. The van der Waals surface area contributed by atoms with Crippen LogP contribution in [0.2, 0.25) is 10.2 Å². The van der Waals surface area contributed by atoms with Gasteiger partial charge in [-0.25, -0.2) is 0 Å². The second kappa shape index (κ2) is 6.65. The Morgan fingerprint density at radius 3 is 2.65 bits per heavy atom. The maximum Gasteiger partial charge on any atom is 0.387 e. The summed E-state index contributed by atoms with van der Waals surface area (Å²) < 4.78 is 34.8. The Morgan fingerprint density at radius 1 is 1.30 bits per heavy atom. The molecule has 108 valence electrons. The molecule has 0 spiro atoms. The number of benzene rings is 1. The molecule has 0 bridgehead atoms. The number of furan rings is 1. The van der Waals surface area contributed by atoms with Gasteiger partial charge in [-0.15, -0.1) is 0 Å². The quantitative estimate of drug-likeness (QED) is 0.730. The molecule has 0 aliphatic carbocycles. The first-order valence-corrected chi connectivity index (χ1v) is 6.92. The number of rotatable bonds is 5. The highest BCUT2D eigenvalue weighted by molar-refractivity contribution is 9.10. The predicted octanol–water partition coefficient (Wildman–Crippen LogP) is 5.56. The Labute approximate surface area is 131 Å². The zero-order valence-corrected chi connectivity index (χ0v) is 12.9. The Morgan fingerprint density at radius 2 is 2.05 bits per heavy atom. The highest BCUT2D eigenvalue weighted by atomic mass is 79.9. The smallest absolute Gasteiger partial charge is 0.387 e. The van der Waals surface area contributed by atoms with Crippen LogP contribution in [0, 0.1) is 0 Å². The van der Waals surface area contributed by atoms with Gasteiger partial charge >= 0.3 is 6.61 Å². The van der Waals surface area contributed by atoms with E-state index >= 15 is 0 Å². The van der Waals surface area contributed by atoms with E-state index in [2.05, 4.69) is 26.0 Å². The van der Waals surface area contributed by atoms with Crippen LogP contribution in [0.15, 0.2) is 33.2 Å². The number of hydrogen-bond acceptors (Lipinski definition) is 3. The van der Waals surface area contributed by atoms with E-state index in [0.717, 1.165) is 0 Å². The van der Waals surface area contributed by atoms with Crippen molar-refractivity contribution < 1.29 is 17.9 Å². The van der Waals surface area contributed by atoms with E-state index in [1.54, 1.807) is 12.1 Å². The molecule has 1 heterocycles. The number of halogens is 5. The highest BCUT2D eigenvalue weighted by Gasteiger charge is 2.15. The Hall–Kier alpha value is -0.980. The lowest BCUT2D eigenvalue weighted by Crippen LogP contribution is -2.07. The maximum absolute atomic E-state index is 12.4. The summed E-state index contributed by atoms with van der Waals surface area (Å²) in [6.07, 6.45) is 0. The number of alkyl halides is 2. The summed E-state index contributed by atoms with van der Waals surface area (Å²) in [5.74, 6) is 0.524. The molecule has 0 aliphatic heterocycles. The van der Waals surface area contributed by atoms with Crippen molar-refractivity contribution in [1.29, 1.82) is 0 Å². The van der Waals surface area contributed by atoms with Crippen LogP contribution in [0.4, 0.5) is 14.5 Å². The van der Waals surface area contributed by atoms with Gasteiger partial charge in [-0.1, -0.05) is 11.6 Å². The van der Waals surface area contributed by atoms with Crippen molar-refractivity contribution in [3.05, 3.63) is 44.7 Å². The minimum absolute atomic E-state index is 0.0259. The lowest BCUT2D eigenvalue weighted by atomic mass is 10.3. The van der Waals surface area contributed by atoms with E-state index in [1.165, 1.54) is 12.1 Å². The average Bonchev–Trinajstić information content (AvgIpc) is 2.76. The largest absolute Gasteiger partial charge is 0.448 e. The SMILES string of the molecule is FC(F)Oc1c(Br)cc(Cl)cc1NCc1ccc(Cl)o1. The zero-order chi connectivity index (χ0) is 14.7. The van der Waals surface area contributed by atoms with Gasteiger partial charge in [-0.2, -0.15) is 8.78 Å². The van der Waals surface area contributed by atoms with Crippen LogP contribution in [0.1, 0.15) is 5.76 Å². The molecule has 0 amide bonds. The molecule has 0 saturated carbocycles.